The molecular formula is C16H31IO2. The van der Waals surface area contributed by atoms with Crippen LogP contribution in [0, 0.1) is 0 Å². The Balaban J connectivity index is 3.04. The lowest BCUT2D eigenvalue weighted by Crippen LogP contribution is -2.05. The number of carbonyl (C=O) groups is 1. The van der Waals surface area contributed by atoms with Crippen LogP contribution < -0.4 is 0 Å². The molecule has 0 radical (unpaired) electrons. The highest BCUT2D eigenvalue weighted by atomic mass is 127. The van der Waals surface area contributed by atoms with Gasteiger partial charge in [0.15, 0.2) is 0 Å². The molecular weight excluding hydrogens is 351 g/mol. The summed E-state index contributed by atoms with van der Waals surface area (Å²) in [5.74, 6) is -0.0207. The standard InChI is InChI=1S/C16H31IO2/c1-2-3-4-5-6-7-8-9-10-11-15-19-16(18)13-12-14-17/h2-15H2,1H3. The highest BCUT2D eigenvalue weighted by Crippen LogP contribution is 2.10. The van der Waals surface area contributed by atoms with Gasteiger partial charge in [0.2, 0.25) is 0 Å². The van der Waals surface area contributed by atoms with E-state index in [0.717, 1.165) is 17.3 Å². The first-order valence-corrected chi connectivity index (χ1v) is 9.55. The summed E-state index contributed by atoms with van der Waals surface area (Å²) >= 11 is 2.29. The van der Waals surface area contributed by atoms with E-state index in [4.69, 9.17) is 4.74 Å². The predicted octanol–water partition coefficient (Wildman–Crippen LogP) is 5.67. The summed E-state index contributed by atoms with van der Waals surface area (Å²) in [6, 6.07) is 0. The Kier molecular flexibility index (Phi) is 16.4. The normalized spacial score (nSPS) is 10.6. The van der Waals surface area contributed by atoms with Gasteiger partial charge in [0.1, 0.15) is 0 Å². The van der Waals surface area contributed by atoms with Crippen LogP contribution in [0.1, 0.15) is 84.0 Å². The highest BCUT2D eigenvalue weighted by Gasteiger charge is 2.01. The summed E-state index contributed by atoms with van der Waals surface area (Å²) in [5.41, 5.74) is 0. The summed E-state index contributed by atoms with van der Waals surface area (Å²) in [5, 5.41) is 0. The van der Waals surface area contributed by atoms with Crippen molar-refractivity contribution in [2.75, 3.05) is 11.0 Å². The topological polar surface area (TPSA) is 26.3 Å². The van der Waals surface area contributed by atoms with Crippen molar-refractivity contribution in [1.29, 1.82) is 0 Å². The van der Waals surface area contributed by atoms with Gasteiger partial charge in [-0.05, 0) is 12.8 Å². The van der Waals surface area contributed by atoms with Gasteiger partial charge >= 0.3 is 5.97 Å². The van der Waals surface area contributed by atoms with Gasteiger partial charge in [-0.1, -0.05) is 87.3 Å². The number of hydrogen-bond acceptors (Lipinski definition) is 2. The third-order valence-electron chi connectivity index (χ3n) is 3.28. The Bertz CT molecular complexity index is 195. The van der Waals surface area contributed by atoms with Gasteiger partial charge in [0.05, 0.1) is 6.61 Å². The molecule has 0 saturated carbocycles. The molecule has 0 atom stereocenters. The second kappa shape index (κ2) is 16.3. The fourth-order valence-electron chi connectivity index (χ4n) is 2.06. The number of rotatable bonds is 14. The lowest BCUT2D eigenvalue weighted by molar-refractivity contribution is -0.143. The molecule has 0 fully saturated rings. The van der Waals surface area contributed by atoms with Crippen molar-refractivity contribution in [1.82, 2.24) is 0 Å². The fraction of sp³-hybridized carbons (Fsp3) is 0.938. The van der Waals surface area contributed by atoms with E-state index in [0.29, 0.717) is 13.0 Å². The van der Waals surface area contributed by atoms with Crippen molar-refractivity contribution >= 4 is 28.6 Å². The van der Waals surface area contributed by atoms with Crippen molar-refractivity contribution in [3.8, 4) is 0 Å². The van der Waals surface area contributed by atoms with Gasteiger partial charge in [0.25, 0.3) is 0 Å². The van der Waals surface area contributed by atoms with Crippen LogP contribution in [0.3, 0.4) is 0 Å². The Morgan fingerprint density at radius 1 is 0.842 bits per heavy atom. The fourth-order valence-corrected chi connectivity index (χ4v) is 2.44. The van der Waals surface area contributed by atoms with Crippen molar-refractivity contribution in [2.24, 2.45) is 0 Å². The average Bonchev–Trinajstić information content (AvgIpc) is 2.42. The van der Waals surface area contributed by atoms with Gasteiger partial charge in [-0.3, -0.25) is 4.79 Å². The maximum Gasteiger partial charge on any atom is 0.305 e. The van der Waals surface area contributed by atoms with Crippen molar-refractivity contribution in [2.45, 2.75) is 84.0 Å². The van der Waals surface area contributed by atoms with Crippen LogP contribution >= 0.6 is 22.6 Å². The summed E-state index contributed by atoms with van der Waals surface area (Å²) in [4.78, 5) is 11.2. The molecule has 0 rings (SSSR count). The van der Waals surface area contributed by atoms with E-state index < -0.39 is 0 Å². The van der Waals surface area contributed by atoms with Gasteiger partial charge in [-0.15, -0.1) is 0 Å². The van der Waals surface area contributed by atoms with Crippen LogP contribution in [-0.4, -0.2) is 17.0 Å². The summed E-state index contributed by atoms with van der Waals surface area (Å²) in [7, 11) is 0. The molecule has 0 N–H and O–H groups in total. The Morgan fingerprint density at radius 2 is 1.37 bits per heavy atom. The van der Waals surface area contributed by atoms with Crippen LogP contribution in [0.5, 0.6) is 0 Å². The van der Waals surface area contributed by atoms with E-state index in [2.05, 4.69) is 29.5 Å². The average molecular weight is 382 g/mol. The Morgan fingerprint density at radius 3 is 1.89 bits per heavy atom. The molecule has 0 bridgehead atoms. The molecule has 0 spiro atoms. The zero-order chi connectivity index (χ0) is 14.2. The third kappa shape index (κ3) is 16.1. The predicted molar refractivity (Wildman–Crippen MR) is 90.9 cm³/mol. The van der Waals surface area contributed by atoms with E-state index in [1.807, 2.05) is 0 Å². The monoisotopic (exact) mass is 382 g/mol. The number of unbranched alkanes of at least 4 members (excludes halogenated alkanes) is 9. The first-order chi connectivity index (χ1) is 9.31. The third-order valence-corrected chi connectivity index (χ3v) is 4.04. The van der Waals surface area contributed by atoms with E-state index in [9.17, 15) is 4.79 Å². The number of alkyl halides is 1. The quantitative estimate of drug-likeness (QED) is 0.168. The zero-order valence-corrected chi connectivity index (χ0v) is 14.8. The molecule has 19 heavy (non-hydrogen) atoms. The summed E-state index contributed by atoms with van der Waals surface area (Å²) in [6.45, 7) is 2.88. The maximum absolute atomic E-state index is 11.2. The maximum atomic E-state index is 11.2. The van der Waals surface area contributed by atoms with Crippen LogP contribution in [0.4, 0.5) is 0 Å². The van der Waals surface area contributed by atoms with Gasteiger partial charge in [-0.25, -0.2) is 0 Å². The summed E-state index contributed by atoms with van der Waals surface area (Å²) < 4.78 is 6.21. The van der Waals surface area contributed by atoms with Crippen molar-refractivity contribution in [3.05, 3.63) is 0 Å². The minimum atomic E-state index is -0.0207. The number of hydrogen-bond donors (Lipinski definition) is 0. The molecule has 0 aliphatic carbocycles. The zero-order valence-electron chi connectivity index (χ0n) is 12.6. The molecule has 0 aromatic carbocycles. The Hall–Kier alpha value is 0.200. The molecule has 0 unspecified atom stereocenters. The smallest absolute Gasteiger partial charge is 0.305 e. The first-order valence-electron chi connectivity index (χ1n) is 8.02. The molecule has 2 nitrogen and oxygen atoms in total. The molecule has 0 aromatic rings. The van der Waals surface area contributed by atoms with Crippen LogP contribution in [-0.2, 0) is 9.53 Å². The SMILES string of the molecule is CCCCCCCCCCCCOC(=O)CCCI. The molecule has 0 aliphatic heterocycles. The van der Waals surface area contributed by atoms with E-state index in [-0.39, 0.29) is 5.97 Å². The first kappa shape index (κ1) is 19.2. The second-order valence-electron chi connectivity index (χ2n) is 5.19. The van der Waals surface area contributed by atoms with E-state index in [1.165, 1.54) is 57.8 Å². The highest BCUT2D eigenvalue weighted by molar-refractivity contribution is 14.1. The molecule has 0 aliphatic rings. The number of esters is 1. The van der Waals surface area contributed by atoms with Crippen LogP contribution in [0.15, 0.2) is 0 Å². The minimum Gasteiger partial charge on any atom is -0.466 e. The Labute approximate surface area is 133 Å². The molecule has 0 aromatic heterocycles. The molecule has 0 amide bonds. The van der Waals surface area contributed by atoms with E-state index in [1.54, 1.807) is 0 Å². The lowest BCUT2D eigenvalue weighted by Gasteiger charge is -2.04. The largest absolute Gasteiger partial charge is 0.466 e. The molecule has 3 heteroatoms. The van der Waals surface area contributed by atoms with Gasteiger partial charge in [0, 0.05) is 10.8 Å². The number of ether oxygens (including phenoxy) is 1. The van der Waals surface area contributed by atoms with E-state index >= 15 is 0 Å². The minimum absolute atomic E-state index is 0.0207. The molecule has 114 valence electrons. The number of halogens is 1. The van der Waals surface area contributed by atoms with Gasteiger partial charge in [-0.2, -0.15) is 0 Å². The van der Waals surface area contributed by atoms with Gasteiger partial charge < -0.3 is 4.74 Å². The molecule has 0 saturated heterocycles. The molecule has 0 heterocycles. The van der Waals surface area contributed by atoms with Crippen molar-refractivity contribution in [3.63, 3.8) is 0 Å². The van der Waals surface area contributed by atoms with Crippen LogP contribution in [0.2, 0.25) is 0 Å². The van der Waals surface area contributed by atoms with Crippen LogP contribution in [0.25, 0.3) is 0 Å². The lowest BCUT2D eigenvalue weighted by atomic mass is 10.1. The number of carbonyl (C=O) groups excluding carboxylic acids is 1. The summed E-state index contributed by atoms with van der Waals surface area (Å²) in [6.07, 6.45) is 14.7. The second-order valence-corrected chi connectivity index (χ2v) is 6.27. The van der Waals surface area contributed by atoms with Crippen molar-refractivity contribution < 1.29 is 9.53 Å².